The quantitative estimate of drug-likeness (QED) is 0.694. The fraction of sp³-hybridized carbons (Fsp3) is 0.833. The Morgan fingerprint density at radius 1 is 1.33 bits per heavy atom. The first-order valence-corrected chi connectivity index (χ1v) is 5.99. The van der Waals surface area contributed by atoms with Crippen molar-refractivity contribution in [2.24, 2.45) is 5.92 Å². The van der Waals surface area contributed by atoms with E-state index in [-0.39, 0.29) is 5.91 Å². The minimum absolute atomic E-state index is 0.272. The number of rotatable bonds is 2. The molecule has 2 atom stereocenters. The molecule has 1 heterocycles. The van der Waals surface area contributed by atoms with Gasteiger partial charge < -0.3 is 4.90 Å². The Balaban J connectivity index is 2.03. The van der Waals surface area contributed by atoms with E-state index in [4.69, 9.17) is 5.26 Å². The maximum atomic E-state index is 11.8. The van der Waals surface area contributed by atoms with E-state index in [1.165, 1.54) is 19.3 Å². The Kier molecular flexibility index (Phi) is 3.25. The maximum Gasteiger partial charge on any atom is 0.222 e. The minimum Gasteiger partial charge on any atom is -0.338 e. The highest BCUT2D eigenvalue weighted by Gasteiger charge is 2.36. The molecule has 1 aliphatic heterocycles. The Labute approximate surface area is 91.1 Å². The zero-order valence-electron chi connectivity index (χ0n) is 9.11. The molecule has 1 amide bonds. The van der Waals surface area contributed by atoms with Crippen LogP contribution in [-0.4, -0.2) is 23.4 Å². The second-order valence-electron chi connectivity index (χ2n) is 4.65. The van der Waals surface area contributed by atoms with Crippen molar-refractivity contribution in [3.63, 3.8) is 0 Å². The summed E-state index contributed by atoms with van der Waals surface area (Å²) in [6.45, 7) is 0.649. The van der Waals surface area contributed by atoms with Gasteiger partial charge in [-0.25, -0.2) is 0 Å². The van der Waals surface area contributed by atoms with Gasteiger partial charge in [-0.1, -0.05) is 12.8 Å². The van der Waals surface area contributed by atoms with Crippen LogP contribution in [0.15, 0.2) is 0 Å². The summed E-state index contributed by atoms with van der Waals surface area (Å²) in [5, 5.41) is 8.59. The lowest BCUT2D eigenvalue weighted by molar-refractivity contribution is -0.139. The molecule has 3 nitrogen and oxygen atoms in total. The lowest BCUT2D eigenvalue weighted by atomic mass is 9.78. The lowest BCUT2D eigenvalue weighted by Gasteiger charge is -2.43. The number of likely N-dealkylation sites (tertiary alicyclic amines) is 1. The van der Waals surface area contributed by atoms with Gasteiger partial charge in [0.2, 0.25) is 5.91 Å². The summed E-state index contributed by atoms with van der Waals surface area (Å²) in [6.07, 6.45) is 7.26. The van der Waals surface area contributed by atoms with Crippen LogP contribution in [0.2, 0.25) is 0 Å². The van der Waals surface area contributed by atoms with E-state index in [0.717, 1.165) is 18.8 Å². The highest BCUT2D eigenvalue weighted by molar-refractivity contribution is 5.77. The number of amides is 1. The van der Waals surface area contributed by atoms with E-state index in [2.05, 4.69) is 6.07 Å². The first-order chi connectivity index (χ1) is 7.33. The van der Waals surface area contributed by atoms with Crippen LogP contribution in [0, 0.1) is 17.2 Å². The van der Waals surface area contributed by atoms with E-state index in [0.29, 0.717) is 25.4 Å². The minimum atomic E-state index is 0.272. The van der Waals surface area contributed by atoms with Gasteiger partial charge in [0.15, 0.2) is 0 Å². The highest BCUT2D eigenvalue weighted by atomic mass is 16.2. The molecule has 2 fully saturated rings. The van der Waals surface area contributed by atoms with E-state index in [1.54, 1.807) is 0 Å². The van der Waals surface area contributed by atoms with E-state index < -0.39 is 0 Å². The van der Waals surface area contributed by atoms with Crippen molar-refractivity contribution in [3.05, 3.63) is 0 Å². The average Bonchev–Trinajstić information content (AvgIpc) is 2.28. The molecular weight excluding hydrogens is 188 g/mol. The molecule has 3 heteroatoms. The third-order valence-corrected chi connectivity index (χ3v) is 3.78. The molecule has 0 aromatic carbocycles. The summed E-state index contributed by atoms with van der Waals surface area (Å²) in [5.41, 5.74) is 0. The van der Waals surface area contributed by atoms with Gasteiger partial charge in [-0.2, -0.15) is 5.26 Å². The molecule has 2 unspecified atom stereocenters. The van der Waals surface area contributed by atoms with Gasteiger partial charge in [-0.05, 0) is 25.2 Å². The standard InChI is InChI=1S/C12H18N2O/c13-8-3-9-14-11-5-2-1-4-10(11)6-7-12(14)15/h10-11H,1-7,9H2. The normalized spacial score (nSPS) is 30.9. The predicted octanol–water partition coefficient (Wildman–Crippen LogP) is 2.08. The van der Waals surface area contributed by atoms with Gasteiger partial charge >= 0.3 is 0 Å². The Hall–Kier alpha value is -1.04. The number of carbonyl (C=O) groups excluding carboxylic acids is 1. The van der Waals surface area contributed by atoms with Crippen molar-refractivity contribution < 1.29 is 4.79 Å². The molecule has 0 aromatic heterocycles. The van der Waals surface area contributed by atoms with Crippen molar-refractivity contribution in [1.29, 1.82) is 5.26 Å². The average molecular weight is 206 g/mol. The van der Waals surface area contributed by atoms with Gasteiger partial charge in [0.1, 0.15) is 0 Å². The Morgan fingerprint density at radius 2 is 2.13 bits per heavy atom. The van der Waals surface area contributed by atoms with Crippen molar-refractivity contribution in [3.8, 4) is 6.07 Å². The molecule has 1 saturated carbocycles. The monoisotopic (exact) mass is 206 g/mol. The molecule has 0 bridgehead atoms. The summed E-state index contributed by atoms with van der Waals surface area (Å²) in [7, 11) is 0. The van der Waals surface area contributed by atoms with E-state index >= 15 is 0 Å². The van der Waals surface area contributed by atoms with Crippen LogP contribution in [0.25, 0.3) is 0 Å². The molecule has 82 valence electrons. The van der Waals surface area contributed by atoms with Crippen molar-refractivity contribution in [2.75, 3.05) is 6.54 Å². The van der Waals surface area contributed by atoms with Gasteiger partial charge in [0, 0.05) is 19.0 Å². The zero-order chi connectivity index (χ0) is 10.7. The molecule has 15 heavy (non-hydrogen) atoms. The summed E-state index contributed by atoms with van der Waals surface area (Å²) < 4.78 is 0. The number of fused-ring (bicyclic) bond motifs is 1. The number of hydrogen-bond acceptors (Lipinski definition) is 2. The van der Waals surface area contributed by atoms with E-state index in [1.807, 2.05) is 4.90 Å². The highest BCUT2D eigenvalue weighted by Crippen LogP contribution is 2.35. The predicted molar refractivity (Wildman–Crippen MR) is 56.9 cm³/mol. The molecule has 0 aromatic rings. The number of nitriles is 1. The molecule has 2 rings (SSSR count). The smallest absolute Gasteiger partial charge is 0.222 e. The largest absolute Gasteiger partial charge is 0.338 e. The number of piperidine rings is 1. The van der Waals surface area contributed by atoms with Crippen molar-refractivity contribution >= 4 is 5.91 Å². The van der Waals surface area contributed by atoms with Gasteiger partial charge in [0.05, 0.1) is 12.5 Å². The third-order valence-electron chi connectivity index (χ3n) is 3.78. The van der Waals surface area contributed by atoms with Crippen molar-refractivity contribution in [2.45, 2.75) is 51.0 Å². The van der Waals surface area contributed by atoms with Gasteiger partial charge in [-0.15, -0.1) is 0 Å². The summed E-state index contributed by atoms with van der Waals surface area (Å²) in [5.74, 6) is 0.989. The van der Waals surface area contributed by atoms with Crippen LogP contribution in [0.5, 0.6) is 0 Å². The van der Waals surface area contributed by atoms with Crippen LogP contribution in [0.4, 0.5) is 0 Å². The second kappa shape index (κ2) is 4.65. The number of nitrogens with zero attached hydrogens (tertiary/aromatic N) is 2. The van der Waals surface area contributed by atoms with Gasteiger partial charge in [0.25, 0.3) is 0 Å². The van der Waals surface area contributed by atoms with Crippen LogP contribution >= 0.6 is 0 Å². The maximum absolute atomic E-state index is 11.8. The molecular formula is C12H18N2O. The van der Waals surface area contributed by atoms with Gasteiger partial charge in [-0.3, -0.25) is 4.79 Å². The topological polar surface area (TPSA) is 44.1 Å². The van der Waals surface area contributed by atoms with Crippen molar-refractivity contribution in [1.82, 2.24) is 4.90 Å². The Morgan fingerprint density at radius 3 is 2.93 bits per heavy atom. The number of hydrogen-bond donors (Lipinski definition) is 0. The first-order valence-electron chi connectivity index (χ1n) is 5.99. The number of carbonyl (C=O) groups is 1. The third kappa shape index (κ3) is 2.14. The molecule has 0 N–H and O–H groups in total. The Bertz CT molecular complexity index is 282. The van der Waals surface area contributed by atoms with Crippen LogP contribution < -0.4 is 0 Å². The summed E-state index contributed by atoms with van der Waals surface area (Å²) in [4.78, 5) is 13.8. The lowest BCUT2D eigenvalue weighted by Crippen LogP contribution is -2.50. The fourth-order valence-electron chi connectivity index (χ4n) is 3.03. The molecule has 1 saturated heterocycles. The molecule has 1 aliphatic carbocycles. The second-order valence-corrected chi connectivity index (χ2v) is 4.65. The SMILES string of the molecule is N#CCCN1C(=O)CCC2CCCCC21. The molecule has 0 spiro atoms. The van der Waals surface area contributed by atoms with Crippen LogP contribution in [-0.2, 0) is 4.79 Å². The van der Waals surface area contributed by atoms with Crippen LogP contribution in [0.1, 0.15) is 44.9 Å². The zero-order valence-corrected chi connectivity index (χ0v) is 9.11. The van der Waals surface area contributed by atoms with E-state index in [9.17, 15) is 4.79 Å². The molecule has 2 aliphatic rings. The summed E-state index contributed by atoms with van der Waals surface area (Å²) >= 11 is 0. The first kappa shape index (κ1) is 10.5. The molecule has 0 radical (unpaired) electrons. The van der Waals surface area contributed by atoms with Crippen LogP contribution in [0.3, 0.4) is 0 Å². The summed E-state index contributed by atoms with van der Waals surface area (Å²) in [6, 6.07) is 2.59. The fourth-order valence-corrected chi connectivity index (χ4v) is 3.03.